The average Bonchev–Trinajstić information content (AvgIpc) is 2.26. The number of nitrogens with two attached hydrogens (primary N) is 1. The van der Waals surface area contributed by atoms with Crippen LogP contribution in [-0.4, -0.2) is 23.6 Å². The zero-order valence-corrected chi connectivity index (χ0v) is 8.91. The third kappa shape index (κ3) is 3.21. The number of alkyl halides is 3. The van der Waals surface area contributed by atoms with E-state index in [4.69, 9.17) is 10.8 Å². The van der Waals surface area contributed by atoms with Gasteiger partial charge in [0.25, 0.3) is 5.88 Å². The third-order valence-corrected chi connectivity index (χ3v) is 1.98. The second-order valence-electron chi connectivity index (χ2n) is 3.01. The molecule has 0 aliphatic rings. The van der Waals surface area contributed by atoms with E-state index >= 15 is 0 Å². The van der Waals surface area contributed by atoms with Crippen molar-refractivity contribution in [1.29, 1.82) is 0 Å². The van der Waals surface area contributed by atoms with Gasteiger partial charge in [-0.25, -0.2) is 4.98 Å². The van der Waals surface area contributed by atoms with Crippen LogP contribution in [0.3, 0.4) is 0 Å². The van der Waals surface area contributed by atoms with Crippen molar-refractivity contribution in [3.8, 4) is 11.6 Å². The number of ether oxygens (including phenoxy) is 2. The standard InChI is InChI=1S/C9H11F3N2O3/c1-16-8-7(17-9(10,11)12)6(4-15)5(2-13)3-14-8/h3,15H,2,4,13H2,1H3. The van der Waals surface area contributed by atoms with Crippen LogP contribution in [0.15, 0.2) is 6.20 Å². The lowest BCUT2D eigenvalue weighted by atomic mass is 10.1. The molecule has 1 rings (SSSR count). The predicted octanol–water partition coefficient (Wildman–Crippen LogP) is 0.940. The first-order valence-corrected chi connectivity index (χ1v) is 4.54. The number of aromatic nitrogens is 1. The van der Waals surface area contributed by atoms with Crippen molar-refractivity contribution < 1.29 is 27.8 Å². The molecule has 1 aromatic rings. The average molecular weight is 252 g/mol. The summed E-state index contributed by atoms with van der Waals surface area (Å²) in [6.45, 7) is -0.724. The van der Waals surface area contributed by atoms with Gasteiger partial charge in [0.05, 0.1) is 13.7 Å². The normalized spacial score (nSPS) is 11.4. The van der Waals surface area contributed by atoms with E-state index in [1.807, 2.05) is 0 Å². The van der Waals surface area contributed by atoms with E-state index in [9.17, 15) is 13.2 Å². The van der Waals surface area contributed by atoms with E-state index in [-0.39, 0.29) is 23.6 Å². The number of hydrogen-bond acceptors (Lipinski definition) is 5. The SMILES string of the molecule is COc1ncc(CN)c(CO)c1OC(F)(F)F. The van der Waals surface area contributed by atoms with Crippen LogP contribution in [0.4, 0.5) is 13.2 Å². The van der Waals surface area contributed by atoms with E-state index < -0.39 is 18.7 Å². The number of aliphatic hydroxyl groups is 1. The van der Waals surface area contributed by atoms with E-state index in [1.165, 1.54) is 6.20 Å². The van der Waals surface area contributed by atoms with Crippen molar-refractivity contribution >= 4 is 0 Å². The Bertz CT molecular complexity index is 396. The number of halogens is 3. The minimum Gasteiger partial charge on any atom is -0.478 e. The van der Waals surface area contributed by atoms with Gasteiger partial charge >= 0.3 is 6.36 Å². The van der Waals surface area contributed by atoms with Crippen LogP contribution in [0.1, 0.15) is 11.1 Å². The Morgan fingerprint density at radius 1 is 1.47 bits per heavy atom. The summed E-state index contributed by atoms with van der Waals surface area (Å²) in [7, 11) is 1.15. The lowest BCUT2D eigenvalue weighted by Crippen LogP contribution is -2.20. The van der Waals surface area contributed by atoms with E-state index in [0.29, 0.717) is 0 Å². The van der Waals surface area contributed by atoms with Gasteiger partial charge in [0.1, 0.15) is 0 Å². The molecule has 1 heterocycles. The number of methoxy groups -OCH3 is 1. The topological polar surface area (TPSA) is 77.6 Å². The van der Waals surface area contributed by atoms with E-state index in [2.05, 4.69) is 14.5 Å². The van der Waals surface area contributed by atoms with Crippen molar-refractivity contribution in [3.63, 3.8) is 0 Å². The van der Waals surface area contributed by atoms with Crippen LogP contribution < -0.4 is 15.2 Å². The summed E-state index contributed by atoms with van der Waals surface area (Å²) in [6.07, 6.45) is -3.67. The summed E-state index contributed by atoms with van der Waals surface area (Å²) in [5, 5.41) is 9.06. The number of nitrogens with zero attached hydrogens (tertiary/aromatic N) is 1. The second kappa shape index (κ2) is 5.19. The van der Waals surface area contributed by atoms with Gasteiger partial charge in [-0.2, -0.15) is 0 Å². The third-order valence-electron chi connectivity index (χ3n) is 1.98. The largest absolute Gasteiger partial charge is 0.573 e. The number of pyridine rings is 1. The molecule has 0 saturated heterocycles. The summed E-state index contributed by atoms with van der Waals surface area (Å²) in [6, 6.07) is 0. The van der Waals surface area contributed by atoms with Crippen LogP contribution in [0.25, 0.3) is 0 Å². The molecule has 0 aromatic carbocycles. The predicted molar refractivity (Wildman–Crippen MR) is 51.3 cm³/mol. The van der Waals surface area contributed by atoms with Gasteiger partial charge < -0.3 is 20.3 Å². The monoisotopic (exact) mass is 252 g/mol. The summed E-state index contributed by atoms with van der Waals surface area (Å²) in [5.74, 6) is -1.02. The maximum atomic E-state index is 12.2. The molecule has 0 bridgehead atoms. The molecule has 0 fully saturated rings. The molecule has 8 heteroatoms. The molecule has 17 heavy (non-hydrogen) atoms. The highest BCUT2D eigenvalue weighted by atomic mass is 19.4. The van der Waals surface area contributed by atoms with Gasteiger partial charge in [0.2, 0.25) is 0 Å². The molecule has 0 atom stereocenters. The van der Waals surface area contributed by atoms with Crippen LogP contribution >= 0.6 is 0 Å². The first-order chi connectivity index (χ1) is 7.92. The number of aliphatic hydroxyl groups excluding tert-OH is 1. The fourth-order valence-electron chi connectivity index (χ4n) is 1.26. The molecule has 0 amide bonds. The Balaban J connectivity index is 3.30. The Morgan fingerprint density at radius 3 is 2.53 bits per heavy atom. The first kappa shape index (κ1) is 13.5. The number of rotatable bonds is 4. The summed E-state index contributed by atoms with van der Waals surface area (Å²) in [4.78, 5) is 3.62. The Labute approximate surface area is 95.0 Å². The molecule has 0 radical (unpaired) electrons. The highest BCUT2D eigenvalue weighted by Crippen LogP contribution is 2.35. The maximum absolute atomic E-state index is 12.2. The molecule has 3 N–H and O–H groups in total. The second-order valence-corrected chi connectivity index (χ2v) is 3.01. The molecule has 0 aliphatic heterocycles. The number of hydrogen-bond donors (Lipinski definition) is 2. The highest BCUT2D eigenvalue weighted by molar-refractivity contribution is 5.45. The van der Waals surface area contributed by atoms with Crippen LogP contribution in [0.2, 0.25) is 0 Å². The Morgan fingerprint density at radius 2 is 2.12 bits per heavy atom. The molecular weight excluding hydrogens is 241 g/mol. The lowest BCUT2D eigenvalue weighted by Gasteiger charge is -2.16. The fourth-order valence-corrected chi connectivity index (χ4v) is 1.26. The lowest BCUT2D eigenvalue weighted by molar-refractivity contribution is -0.275. The molecular formula is C9H11F3N2O3. The molecule has 0 unspecified atom stereocenters. The Hall–Kier alpha value is -1.54. The van der Waals surface area contributed by atoms with Crippen molar-refractivity contribution in [1.82, 2.24) is 4.98 Å². The first-order valence-electron chi connectivity index (χ1n) is 4.54. The molecule has 0 aliphatic carbocycles. The highest BCUT2D eigenvalue weighted by Gasteiger charge is 2.34. The zero-order chi connectivity index (χ0) is 13.1. The summed E-state index contributed by atoms with van der Waals surface area (Å²) < 4.78 is 45.0. The van der Waals surface area contributed by atoms with Crippen molar-refractivity contribution in [2.45, 2.75) is 19.5 Å². The molecule has 0 spiro atoms. The molecule has 0 saturated carbocycles. The fraction of sp³-hybridized carbons (Fsp3) is 0.444. The van der Waals surface area contributed by atoms with Crippen molar-refractivity contribution in [2.75, 3.05) is 7.11 Å². The minimum atomic E-state index is -4.90. The van der Waals surface area contributed by atoms with Gasteiger partial charge in [-0.1, -0.05) is 0 Å². The zero-order valence-electron chi connectivity index (χ0n) is 8.91. The summed E-state index contributed by atoms with van der Waals surface area (Å²) >= 11 is 0. The van der Waals surface area contributed by atoms with Crippen LogP contribution in [-0.2, 0) is 13.2 Å². The molecule has 5 nitrogen and oxygen atoms in total. The van der Waals surface area contributed by atoms with Gasteiger partial charge in [-0.05, 0) is 5.56 Å². The van der Waals surface area contributed by atoms with E-state index in [0.717, 1.165) is 7.11 Å². The smallest absolute Gasteiger partial charge is 0.478 e. The maximum Gasteiger partial charge on any atom is 0.573 e. The van der Waals surface area contributed by atoms with Gasteiger partial charge in [0.15, 0.2) is 5.75 Å². The minimum absolute atomic E-state index is 0.0683. The quantitative estimate of drug-likeness (QED) is 0.833. The van der Waals surface area contributed by atoms with E-state index in [1.54, 1.807) is 0 Å². The van der Waals surface area contributed by atoms with Gasteiger partial charge in [-0.15, -0.1) is 13.2 Å². The van der Waals surface area contributed by atoms with Crippen LogP contribution in [0, 0.1) is 0 Å². The van der Waals surface area contributed by atoms with Crippen LogP contribution in [0.5, 0.6) is 11.6 Å². The molecule has 96 valence electrons. The summed E-state index contributed by atoms with van der Waals surface area (Å²) in [5.41, 5.74) is 5.49. The van der Waals surface area contributed by atoms with Gasteiger partial charge in [0, 0.05) is 18.3 Å². The van der Waals surface area contributed by atoms with Crippen molar-refractivity contribution in [3.05, 3.63) is 17.3 Å². The van der Waals surface area contributed by atoms with Gasteiger partial charge in [-0.3, -0.25) is 0 Å². The Kier molecular flexibility index (Phi) is 4.13. The van der Waals surface area contributed by atoms with Crippen molar-refractivity contribution in [2.24, 2.45) is 5.73 Å². The molecule has 1 aromatic heterocycles.